The number of nitrogens with one attached hydrogen (secondary N) is 1. The molecule has 0 aliphatic heterocycles. The van der Waals surface area contributed by atoms with Crippen molar-refractivity contribution in [2.24, 2.45) is 5.92 Å². The van der Waals surface area contributed by atoms with E-state index in [-0.39, 0.29) is 0 Å². The van der Waals surface area contributed by atoms with Crippen LogP contribution in [0, 0.1) is 26.7 Å². The molecule has 0 radical (unpaired) electrons. The zero-order valence-electron chi connectivity index (χ0n) is 10.6. The van der Waals surface area contributed by atoms with E-state index < -0.39 is 10.0 Å². The molecule has 1 aromatic carbocycles. The van der Waals surface area contributed by atoms with Crippen LogP contribution in [0.3, 0.4) is 0 Å². The van der Waals surface area contributed by atoms with Crippen LogP contribution in [0.15, 0.2) is 17.0 Å². The molecule has 0 atom stereocenters. The minimum Gasteiger partial charge on any atom is -0.211 e. The van der Waals surface area contributed by atoms with Gasteiger partial charge in [0.25, 0.3) is 0 Å². The summed E-state index contributed by atoms with van der Waals surface area (Å²) in [5, 5.41) is 0. The van der Waals surface area contributed by atoms with Crippen molar-refractivity contribution in [3.05, 3.63) is 28.8 Å². The molecule has 1 aliphatic rings. The number of benzene rings is 1. The molecular weight excluding hydrogens is 234 g/mol. The summed E-state index contributed by atoms with van der Waals surface area (Å²) in [5.41, 5.74) is 2.75. The van der Waals surface area contributed by atoms with Crippen molar-refractivity contribution in [1.29, 1.82) is 0 Å². The average Bonchev–Trinajstić information content (AvgIpc) is 2.95. The standard InChI is InChI=1S/C13H19NO2S/c1-9-6-10(2)13(11(3)7-9)17(15,16)14-8-12-4-5-12/h6-7,12,14H,4-5,8H2,1-3H3. The fourth-order valence-electron chi connectivity index (χ4n) is 2.21. The van der Waals surface area contributed by atoms with Crippen LogP contribution < -0.4 is 4.72 Å². The van der Waals surface area contributed by atoms with Crippen molar-refractivity contribution < 1.29 is 8.42 Å². The van der Waals surface area contributed by atoms with Gasteiger partial charge in [0.2, 0.25) is 10.0 Å². The van der Waals surface area contributed by atoms with Crippen molar-refractivity contribution in [2.45, 2.75) is 38.5 Å². The minimum atomic E-state index is -3.34. The highest BCUT2D eigenvalue weighted by Gasteiger charge is 2.25. The summed E-state index contributed by atoms with van der Waals surface area (Å²) in [6, 6.07) is 3.83. The first kappa shape index (κ1) is 12.6. The normalized spacial score (nSPS) is 16.2. The first-order valence-electron chi connectivity index (χ1n) is 5.97. The van der Waals surface area contributed by atoms with Gasteiger partial charge in [-0.15, -0.1) is 0 Å². The van der Waals surface area contributed by atoms with Crippen molar-refractivity contribution in [2.75, 3.05) is 6.54 Å². The molecule has 4 heteroatoms. The van der Waals surface area contributed by atoms with Crippen molar-refractivity contribution in [3.63, 3.8) is 0 Å². The Morgan fingerprint density at radius 1 is 1.18 bits per heavy atom. The molecule has 94 valence electrons. The highest BCUT2D eigenvalue weighted by molar-refractivity contribution is 7.89. The van der Waals surface area contributed by atoms with E-state index in [4.69, 9.17) is 0 Å². The van der Waals surface area contributed by atoms with Gasteiger partial charge in [0.05, 0.1) is 4.90 Å². The van der Waals surface area contributed by atoms with E-state index >= 15 is 0 Å². The Morgan fingerprint density at radius 2 is 1.71 bits per heavy atom. The Labute approximate surface area is 103 Å². The summed E-state index contributed by atoms with van der Waals surface area (Å²) in [6.45, 7) is 6.26. The lowest BCUT2D eigenvalue weighted by molar-refractivity contribution is 0.576. The fraction of sp³-hybridized carbons (Fsp3) is 0.538. The van der Waals surface area contributed by atoms with E-state index in [1.807, 2.05) is 32.9 Å². The predicted molar refractivity (Wildman–Crippen MR) is 68.6 cm³/mol. The molecule has 1 aliphatic carbocycles. The van der Waals surface area contributed by atoms with E-state index in [2.05, 4.69) is 4.72 Å². The van der Waals surface area contributed by atoms with Gasteiger partial charge in [-0.25, -0.2) is 13.1 Å². The highest BCUT2D eigenvalue weighted by atomic mass is 32.2. The van der Waals surface area contributed by atoms with Gasteiger partial charge < -0.3 is 0 Å². The third kappa shape index (κ3) is 2.87. The zero-order valence-corrected chi connectivity index (χ0v) is 11.4. The van der Waals surface area contributed by atoms with Gasteiger partial charge in [0.1, 0.15) is 0 Å². The van der Waals surface area contributed by atoms with Crippen LogP contribution in [-0.2, 0) is 10.0 Å². The van der Waals surface area contributed by atoms with Crippen LogP contribution in [0.4, 0.5) is 0 Å². The molecule has 0 unspecified atom stereocenters. The Morgan fingerprint density at radius 3 is 2.18 bits per heavy atom. The summed E-state index contributed by atoms with van der Waals surface area (Å²) < 4.78 is 27.1. The summed E-state index contributed by atoms with van der Waals surface area (Å²) in [7, 11) is -3.34. The van der Waals surface area contributed by atoms with Gasteiger partial charge >= 0.3 is 0 Å². The summed E-state index contributed by atoms with van der Waals surface area (Å²) >= 11 is 0. The van der Waals surface area contributed by atoms with E-state index in [1.165, 1.54) is 0 Å². The summed E-state index contributed by atoms with van der Waals surface area (Å²) in [4.78, 5) is 0.448. The highest BCUT2D eigenvalue weighted by Crippen LogP contribution is 2.29. The van der Waals surface area contributed by atoms with E-state index in [9.17, 15) is 8.42 Å². The first-order chi connectivity index (χ1) is 7.90. The Kier molecular flexibility index (Phi) is 3.27. The number of rotatable bonds is 4. The lowest BCUT2D eigenvalue weighted by atomic mass is 10.1. The topological polar surface area (TPSA) is 46.2 Å². The fourth-order valence-corrected chi connectivity index (χ4v) is 3.78. The molecular formula is C13H19NO2S. The molecule has 0 amide bonds. The van der Waals surface area contributed by atoms with Crippen LogP contribution in [-0.4, -0.2) is 15.0 Å². The zero-order chi connectivity index (χ0) is 12.6. The second kappa shape index (κ2) is 4.42. The minimum absolute atomic E-state index is 0.448. The predicted octanol–water partition coefficient (Wildman–Crippen LogP) is 2.30. The lowest BCUT2D eigenvalue weighted by Crippen LogP contribution is -2.27. The SMILES string of the molecule is Cc1cc(C)c(S(=O)(=O)NCC2CC2)c(C)c1. The molecule has 0 saturated heterocycles. The van der Waals surface area contributed by atoms with Gasteiger partial charge in [0, 0.05) is 6.54 Å². The molecule has 0 bridgehead atoms. The molecule has 0 heterocycles. The van der Waals surface area contributed by atoms with Crippen LogP contribution in [0.2, 0.25) is 0 Å². The number of hydrogen-bond donors (Lipinski definition) is 1. The first-order valence-corrected chi connectivity index (χ1v) is 7.46. The Hall–Kier alpha value is -0.870. The third-order valence-electron chi connectivity index (χ3n) is 3.13. The smallest absolute Gasteiger partial charge is 0.211 e. The monoisotopic (exact) mass is 253 g/mol. The van der Waals surface area contributed by atoms with Gasteiger partial charge in [-0.3, -0.25) is 0 Å². The third-order valence-corrected chi connectivity index (χ3v) is 4.86. The Balaban J connectivity index is 2.31. The molecule has 17 heavy (non-hydrogen) atoms. The molecule has 1 saturated carbocycles. The van der Waals surface area contributed by atoms with Crippen molar-refractivity contribution in [3.8, 4) is 0 Å². The maximum atomic E-state index is 12.2. The number of hydrogen-bond acceptors (Lipinski definition) is 2. The largest absolute Gasteiger partial charge is 0.241 e. The molecule has 2 rings (SSSR count). The summed E-state index contributed by atoms with van der Waals surface area (Å²) in [6.07, 6.45) is 2.29. The van der Waals surface area contributed by atoms with E-state index in [0.717, 1.165) is 29.5 Å². The molecule has 0 aromatic heterocycles. The molecule has 1 aromatic rings. The second-order valence-corrected chi connectivity index (χ2v) is 6.73. The van der Waals surface area contributed by atoms with E-state index in [1.54, 1.807) is 0 Å². The second-order valence-electron chi connectivity index (χ2n) is 5.02. The van der Waals surface area contributed by atoms with Crippen molar-refractivity contribution >= 4 is 10.0 Å². The molecule has 3 nitrogen and oxygen atoms in total. The maximum Gasteiger partial charge on any atom is 0.241 e. The Bertz CT molecular complexity index is 507. The van der Waals surface area contributed by atoms with E-state index in [0.29, 0.717) is 17.4 Å². The van der Waals surface area contributed by atoms with Gasteiger partial charge in [-0.05, 0) is 50.7 Å². The lowest BCUT2D eigenvalue weighted by Gasteiger charge is -2.12. The molecule has 1 fully saturated rings. The molecule has 0 spiro atoms. The van der Waals surface area contributed by atoms with Crippen LogP contribution >= 0.6 is 0 Å². The number of sulfonamides is 1. The van der Waals surface area contributed by atoms with Crippen LogP contribution in [0.1, 0.15) is 29.5 Å². The van der Waals surface area contributed by atoms with Crippen molar-refractivity contribution in [1.82, 2.24) is 4.72 Å². The van der Waals surface area contributed by atoms with Crippen LogP contribution in [0.5, 0.6) is 0 Å². The average molecular weight is 253 g/mol. The maximum absolute atomic E-state index is 12.2. The quantitative estimate of drug-likeness (QED) is 0.895. The van der Waals surface area contributed by atoms with Gasteiger partial charge in [-0.2, -0.15) is 0 Å². The van der Waals surface area contributed by atoms with Crippen LogP contribution in [0.25, 0.3) is 0 Å². The van der Waals surface area contributed by atoms with Gasteiger partial charge in [-0.1, -0.05) is 17.7 Å². The summed E-state index contributed by atoms with van der Waals surface area (Å²) in [5.74, 6) is 0.552. The molecule has 1 N–H and O–H groups in total. The number of aryl methyl sites for hydroxylation is 3. The van der Waals surface area contributed by atoms with Gasteiger partial charge in [0.15, 0.2) is 0 Å².